The van der Waals surface area contributed by atoms with Crippen molar-refractivity contribution >= 4 is 46.3 Å². The Morgan fingerprint density at radius 2 is 1.75 bits per heavy atom. The van der Waals surface area contributed by atoms with Crippen LogP contribution >= 0.6 is 0 Å². The van der Waals surface area contributed by atoms with Crippen LogP contribution < -0.4 is 10.7 Å². The number of aliphatic hydroxyl groups is 1. The molecule has 0 saturated heterocycles. The van der Waals surface area contributed by atoms with E-state index in [1.165, 1.54) is 38.1 Å². The summed E-state index contributed by atoms with van der Waals surface area (Å²) in [5, 5.41) is 14.3. The van der Waals surface area contributed by atoms with E-state index < -0.39 is 11.2 Å². The average Bonchev–Trinajstić information content (AvgIpc) is 3.17. The third-order valence-electron chi connectivity index (χ3n) is 6.49. The molecule has 0 amide bonds. The van der Waals surface area contributed by atoms with Crippen molar-refractivity contribution in [3.8, 4) is 0 Å². The molecule has 1 aliphatic carbocycles. The van der Waals surface area contributed by atoms with Crippen molar-refractivity contribution in [1.82, 2.24) is 4.40 Å². The number of hydrogen-bond donors (Lipinski definition) is 1. The quantitative estimate of drug-likeness (QED) is 0.558. The number of benzene rings is 2. The Kier molecular flexibility index (Phi) is 3.72. The van der Waals surface area contributed by atoms with Gasteiger partial charge in [-0.25, -0.2) is 0 Å². The van der Waals surface area contributed by atoms with Gasteiger partial charge in [-0.3, -0.25) is 0 Å². The number of aromatic nitrogens is 1. The zero-order valence-corrected chi connectivity index (χ0v) is 16.9. The highest BCUT2D eigenvalue weighted by Gasteiger charge is 2.35. The highest BCUT2D eigenvalue weighted by Crippen LogP contribution is 2.32. The molecule has 0 fully saturated rings. The molecule has 3 nitrogen and oxygen atoms in total. The number of para-hydroxylation sites is 1. The second kappa shape index (κ2) is 5.85. The molecule has 5 rings (SSSR count). The molecule has 0 unspecified atom stereocenters. The van der Waals surface area contributed by atoms with E-state index in [0.717, 1.165) is 18.3 Å². The Labute approximate surface area is 165 Å². The van der Waals surface area contributed by atoms with Gasteiger partial charge in [-0.2, -0.15) is 0 Å². The van der Waals surface area contributed by atoms with Crippen molar-refractivity contribution in [1.29, 1.82) is 0 Å². The van der Waals surface area contributed by atoms with Crippen molar-refractivity contribution in [3.63, 3.8) is 0 Å². The van der Waals surface area contributed by atoms with Crippen LogP contribution in [0.15, 0.2) is 42.5 Å². The smallest absolute Gasteiger partial charge is 0.330 e. The minimum atomic E-state index is -0.930. The standard InChI is InChI=1S/C24H25BNO2/c1-23(2,27)24(3,4)28-25-15-12-13-21-19(14-15)18-10-7-9-17-16-8-5-6-11-20(16)26(21)22(17)18/h5-6,8-9,11-14,27H,7,10H2,1-4H3. The lowest BCUT2D eigenvalue weighted by molar-refractivity contribution is -0.0893. The summed E-state index contributed by atoms with van der Waals surface area (Å²) in [5.74, 6) is 0. The van der Waals surface area contributed by atoms with Crippen molar-refractivity contribution < 1.29 is 9.76 Å². The summed E-state index contributed by atoms with van der Waals surface area (Å²) in [7, 11) is 1.78. The third kappa shape index (κ3) is 2.44. The van der Waals surface area contributed by atoms with Gasteiger partial charge in [0.1, 0.15) is 0 Å². The van der Waals surface area contributed by atoms with E-state index in [-0.39, 0.29) is 0 Å². The van der Waals surface area contributed by atoms with E-state index in [4.69, 9.17) is 4.65 Å². The van der Waals surface area contributed by atoms with Crippen LogP contribution in [0, 0.1) is 0 Å². The monoisotopic (exact) mass is 370 g/mol. The first-order chi connectivity index (χ1) is 13.3. The highest BCUT2D eigenvalue weighted by molar-refractivity contribution is 6.47. The summed E-state index contributed by atoms with van der Waals surface area (Å²) in [6.45, 7) is 7.37. The SMILES string of the molecule is CC(C)(O)C(C)(C)O[B]c1ccc2c(c1)c1c3c(c4ccccc4n32)=CCC1. The van der Waals surface area contributed by atoms with Gasteiger partial charge < -0.3 is 14.2 Å². The molecule has 4 aromatic rings. The summed E-state index contributed by atoms with van der Waals surface area (Å²) in [6.07, 6.45) is 4.52. The van der Waals surface area contributed by atoms with Crippen LogP contribution in [0.3, 0.4) is 0 Å². The second-order valence-electron chi connectivity index (χ2n) is 8.92. The molecule has 0 spiro atoms. The van der Waals surface area contributed by atoms with Crippen LogP contribution in [-0.2, 0) is 11.1 Å². The zero-order chi connectivity index (χ0) is 19.7. The van der Waals surface area contributed by atoms with Crippen molar-refractivity contribution in [2.45, 2.75) is 51.7 Å². The van der Waals surface area contributed by atoms with Crippen LogP contribution in [0.1, 0.15) is 39.7 Å². The molecular weight excluding hydrogens is 345 g/mol. The lowest BCUT2D eigenvalue weighted by Gasteiger charge is -2.37. The average molecular weight is 370 g/mol. The Hall–Kier alpha value is -2.30. The van der Waals surface area contributed by atoms with Gasteiger partial charge in [0, 0.05) is 16.0 Å². The number of hydrogen-bond acceptors (Lipinski definition) is 2. The van der Waals surface area contributed by atoms with Crippen LogP contribution in [0.25, 0.3) is 33.4 Å². The van der Waals surface area contributed by atoms with Crippen LogP contribution in [0.4, 0.5) is 0 Å². The molecule has 141 valence electrons. The number of aryl methyl sites for hydroxylation is 1. The summed E-state index contributed by atoms with van der Waals surface area (Å²) in [5.41, 5.74) is 4.74. The van der Waals surface area contributed by atoms with Crippen molar-refractivity contribution in [2.24, 2.45) is 0 Å². The van der Waals surface area contributed by atoms with Crippen LogP contribution in [-0.4, -0.2) is 28.2 Å². The summed E-state index contributed by atoms with van der Waals surface area (Å²) in [6, 6.07) is 15.2. The molecule has 1 aliphatic rings. The summed E-state index contributed by atoms with van der Waals surface area (Å²) < 4.78 is 8.39. The molecule has 2 heterocycles. The van der Waals surface area contributed by atoms with E-state index >= 15 is 0 Å². The van der Waals surface area contributed by atoms with Gasteiger partial charge in [-0.05, 0) is 58.2 Å². The second-order valence-corrected chi connectivity index (χ2v) is 8.92. The topological polar surface area (TPSA) is 33.9 Å². The minimum absolute atomic E-state index is 0.673. The zero-order valence-electron chi connectivity index (χ0n) is 16.9. The molecule has 28 heavy (non-hydrogen) atoms. The molecule has 0 saturated carbocycles. The van der Waals surface area contributed by atoms with Gasteiger partial charge in [0.15, 0.2) is 0 Å². The van der Waals surface area contributed by atoms with Gasteiger partial charge in [0.25, 0.3) is 0 Å². The molecule has 4 heteroatoms. The highest BCUT2D eigenvalue weighted by atomic mass is 16.5. The van der Waals surface area contributed by atoms with Crippen LogP contribution in [0.2, 0.25) is 0 Å². The number of fused-ring (bicyclic) bond motifs is 6. The third-order valence-corrected chi connectivity index (χ3v) is 6.49. The van der Waals surface area contributed by atoms with Gasteiger partial charge in [0.2, 0.25) is 0 Å². The molecule has 2 aromatic carbocycles. The molecule has 2 aromatic heterocycles. The summed E-state index contributed by atoms with van der Waals surface area (Å²) in [4.78, 5) is 0. The Morgan fingerprint density at radius 1 is 1.00 bits per heavy atom. The predicted octanol–water partition coefficient (Wildman–Crippen LogP) is 3.50. The van der Waals surface area contributed by atoms with E-state index in [0.29, 0.717) is 0 Å². The maximum Gasteiger partial charge on any atom is 0.330 e. The fraction of sp³-hybridized carbons (Fsp3) is 0.333. The molecule has 0 bridgehead atoms. The molecular formula is C24H25BNO2. The van der Waals surface area contributed by atoms with E-state index in [9.17, 15) is 5.11 Å². The van der Waals surface area contributed by atoms with Crippen LogP contribution in [0.5, 0.6) is 0 Å². The first-order valence-corrected chi connectivity index (χ1v) is 9.99. The maximum absolute atomic E-state index is 10.3. The normalized spacial score (nSPS) is 14.8. The van der Waals surface area contributed by atoms with Gasteiger partial charge in [-0.15, -0.1) is 0 Å². The predicted molar refractivity (Wildman–Crippen MR) is 117 cm³/mol. The minimum Gasteiger partial charge on any atom is -0.427 e. The lowest BCUT2D eigenvalue weighted by atomic mass is 9.82. The fourth-order valence-corrected chi connectivity index (χ4v) is 4.18. The van der Waals surface area contributed by atoms with Gasteiger partial charge in [0.05, 0.1) is 27.8 Å². The van der Waals surface area contributed by atoms with E-state index in [1.807, 2.05) is 13.8 Å². The van der Waals surface area contributed by atoms with Crippen molar-refractivity contribution in [3.05, 3.63) is 53.2 Å². The Morgan fingerprint density at radius 3 is 2.54 bits per heavy atom. The van der Waals surface area contributed by atoms with E-state index in [2.05, 4.69) is 52.9 Å². The molecule has 1 N–H and O–H groups in total. The van der Waals surface area contributed by atoms with Crippen molar-refractivity contribution in [2.75, 3.05) is 0 Å². The molecule has 0 atom stereocenters. The number of nitrogens with zero attached hydrogens (tertiary/aromatic N) is 1. The summed E-state index contributed by atoms with van der Waals surface area (Å²) >= 11 is 0. The fourth-order valence-electron chi connectivity index (χ4n) is 4.18. The Bertz CT molecular complexity index is 1280. The number of rotatable bonds is 4. The van der Waals surface area contributed by atoms with Gasteiger partial charge >= 0.3 is 7.48 Å². The first-order valence-electron chi connectivity index (χ1n) is 9.99. The largest absolute Gasteiger partial charge is 0.427 e. The van der Waals surface area contributed by atoms with E-state index in [1.54, 1.807) is 21.3 Å². The molecule has 0 aliphatic heterocycles. The maximum atomic E-state index is 10.3. The van der Waals surface area contributed by atoms with Gasteiger partial charge in [-0.1, -0.05) is 41.9 Å². The first kappa shape index (κ1) is 17.8. The lowest BCUT2D eigenvalue weighted by Crippen LogP contribution is -2.49. The molecule has 1 radical (unpaired) electrons. The Balaban J connectivity index is 1.65.